The largest absolute Gasteiger partial charge is 0.288 e. The highest BCUT2D eigenvalue weighted by Crippen LogP contribution is 2.12. The number of carbonyl (C=O) groups is 2. The molecule has 9 heteroatoms. The zero-order valence-electron chi connectivity index (χ0n) is 12.8. The second-order valence-corrected chi connectivity index (χ2v) is 6.72. The third kappa shape index (κ3) is 4.78. The maximum absolute atomic E-state index is 12.0. The van der Waals surface area contributed by atoms with E-state index in [0.29, 0.717) is 0 Å². The van der Waals surface area contributed by atoms with Crippen LogP contribution in [0.15, 0.2) is 48.7 Å². The van der Waals surface area contributed by atoms with Gasteiger partial charge in [0.1, 0.15) is 5.69 Å². The van der Waals surface area contributed by atoms with Crippen molar-refractivity contribution in [3.05, 3.63) is 59.9 Å². The van der Waals surface area contributed by atoms with E-state index >= 15 is 0 Å². The molecule has 126 valence electrons. The van der Waals surface area contributed by atoms with Crippen molar-refractivity contribution in [2.75, 3.05) is 10.5 Å². The fraction of sp³-hybridized carbons (Fsp3) is 0.133. The maximum Gasteiger partial charge on any atom is 0.288 e. The first-order chi connectivity index (χ1) is 11.4. The molecule has 0 unspecified atom stereocenters. The van der Waals surface area contributed by atoms with Crippen LogP contribution in [0.4, 0.5) is 5.69 Å². The summed E-state index contributed by atoms with van der Waals surface area (Å²) in [5.74, 6) is -1.23. The third-order valence-corrected chi connectivity index (χ3v) is 4.27. The Hall–Kier alpha value is -2.94. The van der Waals surface area contributed by atoms with Crippen molar-refractivity contribution in [3.63, 3.8) is 0 Å². The number of benzene rings is 1. The molecule has 0 saturated carbocycles. The van der Waals surface area contributed by atoms with Crippen LogP contribution in [0.2, 0.25) is 0 Å². The number of aromatic nitrogens is 1. The van der Waals surface area contributed by atoms with Crippen LogP contribution in [-0.2, 0) is 10.0 Å². The highest BCUT2D eigenvalue weighted by atomic mass is 32.2. The summed E-state index contributed by atoms with van der Waals surface area (Å²) in [5.41, 5.74) is 5.09. The van der Waals surface area contributed by atoms with E-state index in [2.05, 4.69) is 20.6 Å². The van der Waals surface area contributed by atoms with Crippen LogP contribution in [0, 0.1) is 0 Å². The van der Waals surface area contributed by atoms with Gasteiger partial charge < -0.3 is 0 Å². The fourth-order valence-electron chi connectivity index (χ4n) is 1.72. The number of rotatable bonds is 5. The van der Waals surface area contributed by atoms with E-state index in [1.807, 2.05) is 0 Å². The highest BCUT2D eigenvalue weighted by Gasteiger charge is 2.12. The first-order valence-corrected chi connectivity index (χ1v) is 8.69. The molecule has 24 heavy (non-hydrogen) atoms. The monoisotopic (exact) mass is 348 g/mol. The lowest BCUT2D eigenvalue weighted by molar-refractivity contribution is 0.0844. The molecule has 0 aliphatic carbocycles. The van der Waals surface area contributed by atoms with Gasteiger partial charge in [-0.25, -0.2) is 8.42 Å². The molecule has 0 bridgehead atoms. The number of amides is 2. The Labute approximate surface area is 139 Å². The van der Waals surface area contributed by atoms with Crippen LogP contribution in [0.5, 0.6) is 0 Å². The topological polar surface area (TPSA) is 117 Å². The second kappa shape index (κ2) is 7.55. The van der Waals surface area contributed by atoms with Crippen LogP contribution >= 0.6 is 0 Å². The van der Waals surface area contributed by atoms with E-state index in [0.717, 1.165) is 0 Å². The smallest absolute Gasteiger partial charge is 0.284 e. The van der Waals surface area contributed by atoms with Gasteiger partial charge in [-0.3, -0.25) is 30.1 Å². The van der Waals surface area contributed by atoms with Crippen molar-refractivity contribution in [2.24, 2.45) is 0 Å². The van der Waals surface area contributed by atoms with Crippen LogP contribution in [0.25, 0.3) is 0 Å². The van der Waals surface area contributed by atoms with E-state index in [-0.39, 0.29) is 22.7 Å². The molecule has 1 heterocycles. The standard InChI is InChI=1S/C15H16N4O4S/c1-2-24(22,23)19-12-7-5-6-11(10-12)14(20)17-18-15(21)13-8-3-4-9-16-13/h3-10,19H,2H2,1H3,(H,17,20)(H,18,21). The summed E-state index contributed by atoms with van der Waals surface area (Å²) in [5, 5.41) is 0. The SMILES string of the molecule is CCS(=O)(=O)Nc1cccc(C(=O)NNC(=O)c2ccccn2)c1. The van der Waals surface area contributed by atoms with E-state index in [9.17, 15) is 18.0 Å². The lowest BCUT2D eigenvalue weighted by Gasteiger charge is -2.09. The predicted octanol–water partition coefficient (Wildman–Crippen LogP) is 0.918. The number of hydrazine groups is 1. The second-order valence-electron chi connectivity index (χ2n) is 4.71. The zero-order valence-corrected chi connectivity index (χ0v) is 13.6. The molecular weight excluding hydrogens is 332 g/mol. The van der Waals surface area contributed by atoms with Gasteiger partial charge in [0.15, 0.2) is 0 Å². The van der Waals surface area contributed by atoms with Crippen LogP contribution in [0.3, 0.4) is 0 Å². The van der Waals surface area contributed by atoms with Gasteiger partial charge in [0.05, 0.1) is 5.75 Å². The lowest BCUT2D eigenvalue weighted by Crippen LogP contribution is -2.41. The van der Waals surface area contributed by atoms with Crippen molar-refractivity contribution >= 4 is 27.5 Å². The molecule has 1 aromatic carbocycles. The molecule has 0 fully saturated rings. The van der Waals surface area contributed by atoms with E-state index < -0.39 is 21.8 Å². The first kappa shape index (κ1) is 17.4. The van der Waals surface area contributed by atoms with Crippen LogP contribution < -0.4 is 15.6 Å². The number of anilines is 1. The highest BCUT2D eigenvalue weighted by molar-refractivity contribution is 7.92. The summed E-state index contributed by atoms with van der Waals surface area (Å²) < 4.78 is 25.4. The Kier molecular flexibility index (Phi) is 5.48. The number of nitrogens with one attached hydrogen (secondary N) is 3. The quantitative estimate of drug-likeness (QED) is 0.695. The Bertz CT molecular complexity index is 838. The molecule has 2 rings (SSSR count). The number of hydrogen-bond acceptors (Lipinski definition) is 5. The molecule has 3 N–H and O–H groups in total. The van der Waals surface area contributed by atoms with Gasteiger partial charge in [-0.2, -0.15) is 0 Å². The number of nitrogens with zero attached hydrogens (tertiary/aromatic N) is 1. The van der Waals surface area contributed by atoms with Gasteiger partial charge in [0.2, 0.25) is 10.0 Å². The van der Waals surface area contributed by atoms with Gasteiger partial charge in [0, 0.05) is 17.4 Å². The Balaban J connectivity index is 2.01. The molecular formula is C15H16N4O4S. The summed E-state index contributed by atoms with van der Waals surface area (Å²) in [4.78, 5) is 27.7. The molecule has 1 aromatic heterocycles. The average Bonchev–Trinajstić information content (AvgIpc) is 2.60. The Morgan fingerprint density at radius 1 is 1.04 bits per heavy atom. The van der Waals surface area contributed by atoms with Crippen molar-refractivity contribution < 1.29 is 18.0 Å². The number of sulfonamides is 1. The molecule has 8 nitrogen and oxygen atoms in total. The summed E-state index contributed by atoms with van der Waals surface area (Å²) >= 11 is 0. The molecule has 0 aliphatic heterocycles. The minimum atomic E-state index is -3.44. The number of pyridine rings is 1. The van der Waals surface area contributed by atoms with Crippen molar-refractivity contribution in [1.29, 1.82) is 0 Å². The number of hydrogen-bond donors (Lipinski definition) is 3. The average molecular weight is 348 g/mol. The van der Waals surface area contributed by atoms with Crippen LogP contribution in [-0.4, -0.2) is 31.0 Å². The molecule has 2 aromatic rings. The summed E-state index contributed by atoms with van der Waals surface area (Å²) in [6, 6.07) is 10.7. The molecule has 0 atom stereocenters. The first-order valence-electron chi connectivity index (χ1n) is 7.03. The maximum atomic E-state index is 12.0. The van der Waals surface area contributed by atoms with E-state index in [1.165, 1.54) is 43.5 Å². The molecule has 0 aliphatic rings. The van der Waals surface area contributed by atoms with Gasteiger partial charge in [-0.05, 0) is 37.3 Å². The van der Waals surface area contributed by atoms with Crippen molar-refractivity contribution in [3.8, 4) is 0 Å². The normalized spacial score (nSPS) is 10.7. The van der Waals surface area contributed by atoms with Gasteiger partial charge in [-0.15, -0.1) is 0 Å². The molecule has 2 amide bonds. The minimum absolute atomic E-state index is 0.0798. The van der Waals surface area contributed by atoms with E-state index in [4.69, 9.17) is 0 Å². The molecule has 0 spiro atoms. The molecule has 0 radical (unpaired) electrons. The van der Waals surface area contributed by atoms with Crippen molar-refractivity contribution in [2.45, 2.75) is 6.92 Å². The Morgan fingerprint density at radius 3 is 2.46 bits per heavy atom. The van der Waals surface area contributed by atoms with Crippen LogP contribution in [0.1, 0.15) is 27.8 Å². The lowest BCUT2D eigenvalue weighted by atomic mass is 10.2. The minimum Gasteiger partial charge on any atom is -0.284 e. The zero-order chi connectivity index (χ0) is 17.6. The third-order valence-electron chi connectivity index (χ3n) is 2.97. The Morgan fingerprint density at radius 2 is 1.79 bits per heavy atom. The summed E-state index contributed by atoms with van der Waals surface area (Å²) in [6.07, 6.45) is 1.46. The fourth-order valence-corrected chi connectivity index (χ4v) is 2.35. The molecule has 0 saturated heterocycles. The van der Waals surface area contributed by atoms with Crippen molar-refractivity contribution in [1.82, 2.24) is 15.8 Å². The summed E-state index contributed by atoms with van der Waals surface area (Å²) in [6.45, 7) is 1.51. The van der Waals surface area contributed by atoms with Gasteiger partial charge in [0.25, 0.3) is 11.8 Å². The number of carbonyl (C=O) groups excluding carboxylic acids is 2. The summed E-state index contributed by atoms with van der Waals surface area (Å²) in [7, 11) is -3.44. The predicted molar refractivity (Wildman–Crippen MR) is 88.7 cm³/mol. The van der Waals surface area contributed by atoms with Gasteiger partial charge >= 0.3 is 0 Å². The van der Waals surface area contributed by atoms with Gasteiger partial charge in [-0.1, -0.05) is 12.1 Å². The van der Waals surface area contributed by atoms with E-state index in [1.54, 1.807) is 12.1 Å².